The number of nitrogens with zero attached hydrogens (tertiary/aromatic N) is 1. The Kier molecular flexibility index (Phi) is 7.90. The number of hydrogen-bond acceptors (Lipinski definition) is 5. The van der Waals surface area contributed by atoms with Crippen LogP contribution in [-0.4, -0.2) is 41.1 Å². The molecule has 158 valence electrons. The van der Waals surface area contributed by atoms with Crippen LogP contribution in [0.2, 0.25) is 0 Å². The lowest BCUT2D eigenvalue weighted by atomic mass is 10.2. The third-order valence-corrected chi connectivity index (χ3v) is 6.19. The van der Waals surface area contributed by atoms with E-state index in [1.54, 1.807) is 36.4 Å². The highest BCUT2D eigenvalue weighted by Gasteiger charge is 2.29. The summed E-state index contributed by atoms with van der Waals surface area (Å²) in [4.78, 5) is 12.7. The van der Waals surface area contributed by atoms with Gasteiger partial charge >= 0.3 is 0 Å². The minimum absolute atomic E-state index is 0.0456. The van der Waals surface area contributed by atoms with Crippen LogP contribution >= 0.6 is 0 Å². The predicted molar refractivity (Wildman–Crippen MR) is 113 cm³/mol. The summed E-state index contributed by atoms with van der Waals surface area (Å²) in [6.45, 7) is 3.56. The Morgan fingerprint density at radius 1 is 1.07 bits per heavy atom. The fourth-order valence-electron chi connectivity index (χ4n) is 2.97. The van der Waals surface area contributed by atoms with Crippen molar-refractivity contribution >= 4 is 21.6 Å². The molecule has 0 saturated heterocycles. The molecule has 0 fully saturated rings. The fraction of sp³-hybridized carbons (Fsp3) is 0.381. The average molecular weight is 421 g/mol. The number of benzene rings is 2. The van der Waals surface area contributed by atoms with Gasteiger partial charge in [0, 0.05) is 6.04 Å². The number of methoxy groups -OCH3 is 2. The maximum absolute atomic E-state index is 13.4. The molecule has 8 heteroatoms. The molecule has 7 nitrogen and oxygen atoms in total. The van der Waals surface area contributed by atoms with Crippen molar-refractivity contribution in [3.8, 4) is 11.5 Å². The van der Waals surface area contributed by atoms with Crippen LogP contribution in [0.1, 0.15) is 26.7 Å². The minimum atomic E-state index is -4.02. The van der Waals surface area contributed by atoms with Gasteiger partial charge in [0.05, 0.1) is 24.8 Å². The van der Waals surface area contributed by atoms with E-state index in [1.165, 1.54) is 26.4 Å². The number of amides is 1. The third kappa shape index (κ3) is 5.63. The highest BCUT2D eigenvalue weighted by molar-refractivity contribution is 7.92. The molecular weight excluding hydrogens is 392 g/mol. The van der Waals surface area contributed by atoms with Gasteiger partial charge in [-0.3, -0.25) is 9.10 Å². The SMILES string of the molecule is CCCC(C)NC(=O)CN(c1ccccc1OC)S(=O)(=O)c1ccc(OC)cc1. The van der Waals surface area contributed by atoms with E-state index in [9.17, 15) is 13.2 Å². The van der Waals surface area contributed by atoms with Gasteiger partial charge in [0.25, 0.3) is 10.0 Å². The Bertz CT molecular complexity index is 913. The molecule has 2 rings (SSSR count). The van der Waals surface area contributed by atoms with Gasteiger partial charge in [0.15, 0.2) is 0 Å². The molecule has 0 aliphatic rings. The van der Waals surface area contributed by atoms with Crippen molar-refractivity contribution in [1.82, 2.24) is 5.32 Å². The second-order valence-corrected chi connectivity index (χ2v) is 8.48. The Balaban J connectivity index is 2.44. The quantitative estimate of drug-likeness (QED) is 0.638. The van der Waals surface area contributed by atoms with Crippen LogP contribution in [0.15, 0.2) is 53.4 Å². The standard InChI is InChI=1S/C21H28N2O5S/c1-5-8-16(2)22-21(24)15-23(19-9-6-7-10-20(19)28-4)29(25,26)18-13-11-17(27-3)12-14-18/h6-7,9-14,16H,5,8,15H2,1-4H3,(H,22,24). The summed E-state index contributed by atoms with van der Waals surface area (Å²) in [6, 6.07) is 12.7. The number of ether oxygens (including phenoxy) is 2. The zero-order chi connectivity index (χ0) is 21.4. The summed E-state index contributed by atoms with van der Waals surface area (Å²) in [5.41, 5.74) is 0.295. The molecule has 1 atom stereocenters. The van der Waals surface area contributed by atoms with Gasteiger partial charge in [-0.2, -0.15) is 0 Å². The Labute approximate surface area is 172 Å². The van der Waals surface area contributed by atoms with Crippen LogP contribution in [0, 0.1) is 0 Å². The van der Waals surface area contributed by atoms with E-state index in [0.717, 1.165) is 17.1 Å². The lowest BCUT2D eigenvalue weighted by Crippen LogP contribution is -2.43. The van der Waals surface area contributed by atoms with Crippen LogP contribution in [-0.2, 0) is 14.8 Å². The number of rotatable bonds is 10. The molecule has 0 radical (unpaired) electrons. The van der Waals surface area contributed by atoms with E-state index in [1.807, 2.05) is 13.8 Å². The summed E-state index contributed by atoms with van der Waals surface area (Å²) in [7, 11) is -1.05. The second-order valence-electron chi connectivity index (χ2n) is 6.62. The highest BCUT2D eigenvalue weighted by atomic mass is 32.2. The third-order valence-electron chi connectivity index (χ3n) is 4.42. The van der Waals surface area contributed by atoms with E-state index in [-0.39, 0.29) is 23.4 Å². The number of para-hydroxylation sites is 2. The first-order chi connectivity index (χ1) is 13.8. The largest absolute Gasteiger partial charge is 0.497 e. The number of carbonyl (C=O) groups excluding carboxylic acids is 1. The van der Waals surface area contributed by atoms with Gasteiger partial charge in [0.1, 0.15) is 18.0 Å². The van der Waals surface area contributed by atoms with E-state index in [0.29, 0.717) is 17.2 Å². The maximum Gasteiger partial charge on any atom is 0.264 e. The monoisotopic (exact) mass is 420 g/mol. The van der Waals surface area contributed by atoms with Crippen molar-refractivity contribution in [2.75, 3.05) is 25.1 Å². The van der Waals surface area contributed by atoms with E-state index in [4.69, 9.17) is 9.47 Å². The van der Waals surface area contributed by atoms with Crippen molar-refractivity contribution in [2.24, 2.45) is 0 Å². The molecular formula is C21H28N2O5S. The van der Waals surface area contributed by atoms with Gasteiger partial charge in [0.2, 0.25) is 5.91 Å². The normalized spacial score (nSPS) is 12.1. The molecule has 0 aliphatic carbocycles. The molecule has 29 heavy (non-hydrogen) atoms. The summed E-state index contributed by atoms with van der Waals surface area (Å²) < 4.78 is 38.3. The predicted octanol–water partition coefficient (Wildman–Crippen LogP) is 3.20. The Morgan fingerprint density at radius 3 is 2.31 bits per heavy atom. The Hall–Kier alpha value is -2.74. The van der Waals surface area contributed by atoms with Crippen molar-refractivity contribution in [3.63, 3.8) is 0 Å². The average Bonchev–Trinajstić information content (AvgIpc) is 2.72. The van der Waals surface area contributed by atoms with E-state index < -0.39 is 10.0 Å². The van der Waals surface area contributed by atoms with E-state index in [2.05, 4.69) is 5.32 Å². The van der Waals surface area contributed by atoms with Crippen molar-refractivity contribution < 1.29 is 22.7 Å². The molecule has 1 N–H and O–H groups in total. The molecule has 0 aromatic heterocycles. The summed E-state index contributed by atoms with van der Waals surface area (Å²) in [5, 5.41) is 2.85. The summed E-state index contributed by atoms with van der Waals surface area (Å²) in [5.74, 6) is 0.520. The van der Waals surface area contributed by atoms with Gasteiger partial charge in [-0.1, -0.05) is 25.5 Å². The lowest BCUT2D eigenvalue weighted by Gasteiger charge is -2.26. The smallest absolute Gasteiger partial charge is 0.264 e. The van der Waals surface area contributed by atoms with Gasteiger partial charge in [-0.15, -0.1) is 0 Å². The molecule has 1 amide bonds. The molecule has 0 bridgehead atoms. The van der Waals surface area contributed by atoms with Crippen LogP contribution in [0.3, 0.4) is 0 Å². The van der Waals surface area contributed by atoms with Crippen molar-refractivity contribution in [2.45, 2.75) is 37.6 Å². The minimum Gasteiger partial charge on any atom is -0.497 e. The molecule has 2 aromatic rings. The first-order valence-corrected chi connectivity index (χ1v) is 10.9. The molecule has 0 aliphatic heterocycles. The van der Waals surface area contributed by atoms with Gasteiger partial charge in [-0.25, -0.2) is 8.42 Å². The topological polar surface area (TPSA) is 84.9 Å². The molecule has 0 saturated carbocycles. The van der Waals surface area contributed by atoms with Gasteiger partial charge in [-0.05, 0) is 49.7 Å². The van der Waals surface area contributed by atoms with Crippen LogP contribution in [0.5, 0.6) is 11.5 Å². The first-order valence-electron chi connectivity index (χ1n) is 9.42. The zero-order valence-electron chi connectivity index (χ0n) is 17.2. The van der Waals surface area contributed by atoms with Crippen LogP contribution < -0.4 is 19.1 Å². The number of nitrogens with one attached hydrogen (secondary N) is 1. The summed E-state index contributed by atoms with van der Waals surface area (Å²) in [6.07, 6.45) is 1.73. The molecule has 0 spiro atoms. The second kappa shape index (κ2) is 10.2. The summed E-state index contributed by atoms with van der Waals surface area (Å²) >= 11 is 0. The van der Waals surface area contributed by atoms with Gasteiger partial charge < -0.3 is 14.8 Å². The number of anilines is 1. The first kappa shape index (κ1) is 22.5. The maximum atomic E-state index is 13.4. The number of carbonyl (C=O) groups is 1. The van der Waals surface area contributed by atoms with Crippen molar-refractivity contribution in [3.05, 3.63) is 48.5 Å². The molecule has 0 heterocycles. The Morgan fingerprint density at radius 2 is 1.72 bits per heavy atom. The number of hydrogen-bond donors (Lipinski definition) is 1. The highest BCUT2D eigenvalue weighted by Crippen LogP contribution is 2.32. The molecule has 1 unspecified atom stereocenters. The van der Waals surface area contributed by atoms with Crippen LogP contribution in [0.4, 0.5) is 5.69 Å². The molecule has 2 aromatic carbocycles. The number of sulfonamides is 1. The zero-order valence-corrected chi connectivity index (χ0v) is 18.0. The lowest BCUT2D eigenvalue weighted by molar-refractivity contribution is -0.120. The van der Waals surface area contributed by atoms with Crippen molar-refractivity contribution in [1.29, 1.82) is 0 Å². The van der Waals surface area contributed by atoms with Crippen LogP contribution in [0.25, 0.3) is 0 Å². The fourth-order valence-corrected chi connectivity index (χ4v) is 4.40. The van der Waals surface area contributed by atoms with E-state index >= 15 is 0 Å².